The van der Waals surface area contributed by atoms with E-state index in [9.17, 15) is 17.6 Å². The van der Waals surface area contributed by atoms with E-state index in [1.54, 1.807) is 0 Å². The smallest absolute Gasteiger partial charge is 0.387 e. The molecule has 24 heavy (non-hydrogen) atoms. The zero-order valence-corrected chi connectivity index (χ0v) is 12.4. The molecule has 3 rings (SSSR count). The maximum absolute atomic E-state index is 13.4. The first-order chi connectivity index (χ1) is 11.5. The van der Waals surface area contributed by atoms with Crippen molar-refractivity contribution in [1.82, 2.24) is 4.98 Å². The highest BCUT2D eigenvalue weighted by molar-refractivity contribution is 5.40. The second kappa shape index (κ2) is 7.04. The molecule has 128 valence electrons. The van der Waals surface area contributed by atoms with Crippen LogP contribution in [-0.4, -0.2) is 24.2 Å². The van der Waals surface area contributed by atoms with Crippen LogP contribution in [0.1, 0.15) is 18.1 Å². The number of rotatable bonds is 5. The fourth-order valence-corrected chi connectivity index (χ4v) is 2.58. The van der Waals surface area contributed by atoms with Crippen molar-refractivity contribution in [3.8, 4) is 5.75 Å². The summed E-state index contributed by atoms with van der Waals surface area (Å²) in [5, 5.41) is 3.11. The number of anilines is 1. The maximum Gasteiger partial charge on any atom is 0.387 e. The molecule has 1 aromatic heterocycles. The quantitative estimate of drug-likeness (QED) is 0.837. The Hall–Kier alpha value is -2.35. The molecule has 1 saturated heterocycles. The summed E-state index contributed by atoms with van der Waals surface area (Å²) < 4.78 is 60.5. The predicted molar refractivity (Wildman–Crippen MR) is 77.9 cm³/mol. The van der Waals surface area contributed by atoms with Gasteiger partial charge in [-0.25, -0.2) is 13.8 Å². The number of nitrogens with one attached hydrogen (secondary N) is 1. The van der Waals surface area contributed by atoms with Crippen molar-refractivity contribution in [3.63, 3.8) is 0 Å². The molecule has 4 nitrogen and oxygen atoms in total. The first-order valence-corrected chi connectivity index (χ1v) is 7.27. The second-order valence-corrected chi connectivity index (χ2v) is 5.26. The minimum absolute atomic E-state index is 0.0459. The van der Waals surface area contributed by atoms with E-state index in [-0.39, 0.29) is 11.8 Å². The molecule has 0 radical (unpaired) electrons. The topological polar surface area (TPSA) is 43.4 Å². The number of nitrogens with zero attached hydrogens (tertiary/aromatic N) is 1. The van der Waals surface area contributed by atoms with Crippen molar-refractivity contribution in [2.24, 2.45) is 0 Å². The Kier molecular flexibility index (Phi) is 4.84. The molecule has 2 atom stereocenters. The summed E-state index contributed by atoms with van der Waals surface area (Å²) in [5.74, 6) is -1.46. The number of pyridine rings is 1. The van der Waals surface area contributed by atoms with Crippen LogP contribution in [0.15, 0.2) is 36.5 Å². The fraction of sp³-hybridized carbons (Fsp3) is 0.312. The van der Waals surface area contributed by atoms with Gasteiger partial charge in [-0.3, -0.25) is 0 Å². The summed E-state index contributed by atoms with van der Waals surface area (Å²) >= 11 is 0. The minimum atomic E-state index is -2.91. The van der Waals surface area contributed by atoms with E-state index in [4.69, 9.17) is 4.74 Å². The first-order valence-electron chi connectivity index (χ1n) is 7.27. The van der Waals surface area contributed by atoms with E-state index < -0.39 is 24.3 Å². The minimum Gasteiger partial charge on any atom is -0.433 e. The number of benzene rings is 1. The highest BCUT2D eigenvalue weighted by atomic mass is 19.3. The van der Waals surface area contributed by atoms with Gasteiger partial charge < -0.3 is 14.8 Å². The van der Waals surface area contributed by atoms with Crippen LogP contribution in [0.3, 0.4) is 0 Å². The molecule has 0 amide bonds. The summed E-state index contributed by atoms with van der Waals surface area (Å²) in [7, 11) is 0. The summed E-state index contributed by atoms with van der Waals surface area (Å²) in [5.41, 5.74) is 0.515. The van der Waals surface area contributed by atoms with E-state index >= 15 is 0 Å². The van der Waals surface area contributed by atoms with Gasteiger partial charge in [0.1, 0.15) is 17.7 Å². The summed E-state index contributed by atoms with van der Waals surface area (Å²) in [6, 6.07) is 6.29. The number of alkyl halides is 2. The number of aromatic nitrogens is 1. The maximum atomic E-state index is 13.4. The highest BCUT2D eigenvalue weighted by Crippen LogP contribution is 2.32. The number of hydrogen-bond acceptors (Lipinski definition) is 4. The van der Waals surface area contributed by atoms with Gasteiger partial charge in [0.25, 0.3) is 0 Å². The van der Waals surface area contributed by atoms with Gasteiger partial charge in [-0.1, -0.05) is 6.07 Å². The van der Waals surface area contributed by atoms with Crippen LogP contribution in [-0.2, 0) is 4.74 Å². The third-order valence-electron chi connectivity index (χ3n) is 3.66. The highest BCUT2D eigenvalue weighted by Gasteiger charge is 2.30. The van der Waals surface area contributed by atoms with Gasteiger partial charge in [-0.05, 0) is 36.2 Å². The molecule has 8 heteroatoms. The number of ether oxygens (including phenoxy) is 2. The lowest BCUT2D eigenvalue weighted by molar-refractivity contribution is -0.0500. The zero-order valence-electron chi connectivity index (χ0n) is 12.4. The van der Waals surface area contributed by atoms with Crippen LogP contribution in [0.25, 0.3) is 0 Å². The fourth-order valence-electron chi connectivity index (χ4n) is 2.58. The Morgan fingerprint density at radius 3 is 2.67 bits per heavy atom. The Morgan fingerprint density at radius 1 is 1.17 bits per heavy atom. The van der Waals surface area contributed by atoms with Crippen LogP contribution in [0.2, 0.25) is 0 Å². The average Bonchev–Trinajstić information content (AvgIpc) is 2.99. The van der Waals surface area contributed by atoms with Crippen molar-refractivity contribution in [2.45, 2.75) is 25.2 Å². The summed E-state index contributed by atoms with van der Waals surface area (Å²) in [6.07, 6.45) is 1.36. The first kappa shape index (κ1) is 16.5. The number of halogens is 4. The lowest BCUT2D eigenvalue weighted by Gasteiger charge is -2.21. The van der Waals surface area contributed by atoms with Crippen molar-refractivity contribution in [3.05, 3.63) is 53.7 Å². The molecule has 1 aliphatic rings. The van der Waals surface area contributed by atoms with Gasteiger partial charge in [-0.15, -0.1) is 0 Å². The Labute approximate surface area is 135 Å². The molecule has 1 fully saturated rings. The Morgan fingerprint density at radius 2 is 2.00 bits per heavy atom. The van der Waals surface area contributed by atoms with Crippen LogP contribution < -0.4 is 10.1 Å². The third kappa shape index (κ3) is 3.76. The van der Waals surface area contributed by atoms with Crippen LogP contribution in [0.4, 0.5) is 23.4 Å². The molecular weight excluding hydrogens is 328 g/mol. The lowest BCUT2D eigenvalue weighted by atomic mass is 10.0. The molecule has 2 unspecified atom stereocenters. The standard InChI is InChI=1S/C16H14F4N2O2/c17-11-3-1-9(7-12(11)18)15-13(5-6-23-15)22-14-4-2-10(8-21-14)24-16(19)20/h1-4,7-8,13,15-16H,5-6H2,(H,21,22). The molecule has 2 heterocycles. The molecule has 1 aliphatic heterocycles. The van der Waals surface area contributed by atoms with Crippen LogP contribution in [0, 0.1) is 11.6 Å². The molecule has 0 saturated carbocycles. The molecule has 1 aromatic carbocycles. The molecule has 0 aliphatic carbocycles. The van der Waals surface area contributed by atoms with Crippen LogP contribution >= 0.6 is 0 Å². The van der Waals surface area contributed by atoms with E-state index in [0.717, 1.165) is 12.1 Å². The molecule has 0 bridgehead atoms. The number of hydrogen-bond donors (Lipinski definition) is 1. The van der Waals surface area contributed by atoms with Crippen LogP contribution in [0.5, 0.6) is 5.75 Å². The van der Waals surface area contributed by atoms with Gasteiger partial charge in [-0.2, -0.15) is 8.78 Å². The molecule has 1 N–H and O–H groups in total. The van der Waals surface area contributed by atoms with Gasteiger partial charge in [0, 0.05) is 6.61 Å². The largest absolute Gasteiger partial charge is 0.433 e. The second-order valence-electron chi connectivity index (χ2n) is 5.26. The molecule has 2 aromatic rings. The lowest BCUT2D eigenvalue weighted by Crippen LogP contribution is -2.23. The Bertz CT molecular complexity index is 697. The summed E-state index contributed by atoms with van der Waals surface area (Å²) in [6.45, 7) is -2.46. The van der Waals surface area contributed by atoms with Crippen molar-refractivity contribution in [2.75, 3.05) is 11.9 Å². The van der Waals surface area contributed by atoms with Gasteiger partial charge in [0.15, 0.2) is 11.6 Å². The third-order valence-corrected chi connectivity index (χ3v) is 3.66. The van der Waals surface area contributed by atoms with E-state index in [2.05, 4.69) is 15.0 Å². The van der Waals surface area contributed by atoms with Gasteiger partial charge in [0.05, 0.1) is 12.2 Å². The average molecular weight is 342 g/mol. The SMILES string of the molecule is Fc1ccc(C2OCCC2Nc2ccc(OC(F)F)cn2)cc1F. The Balaban J connectivity index is 1.70. The van der Waals surface area contributed by atoms with Crippen molar-refractivity contribution >= 4 is 5.82 Å². The molecular formula is C16H14F4N2O2. The van der Waals surface area contributed by atoms with Crippen molar-refractivity contribution < 1.29 is 27.0 Å². The van der Waals surface area contributed by atoms with E-state index in [1.807, 2.05) is 0 Å². The molecule has 0 spiro atoms. The van der Waals surface area contributed by atoms with E-state index in [0.29, 0.717) is 24.4 Å². The van der Waals surface area contributed by atoms with Gasteiger partial charge in [0.2, 0.25) is 0 Å². The van der Waals surface area contributed by atoms with Crippen molar-refractivity contribution in [1.29, 1.82) is 0 Å². The zero-order chi connectivity index (χ0) is 17.1. The summed E-state index contributed by atoms with van der Waals surface area (Å²) in [4.78, 5) is 4.00. The van der Waals surface area contributed by atoms with E-state index in [1.165, 1.54) is 24.4 Å². The van der Waals surface area contributed by atoms with Gasteiger partial charge >= 0.3 is 6.61 Å². The monoisotopic (exact) mass is 342 g/mol. The predicted octanol–water partition coefficient (Wildman–Crippen LogP) is 3.90. The normalized spacial score (nSPS) is 20.4.